The molecule has 1 aromatic carbocycles. The number of hydrogen-bond donors (Lipinski definition) is 1. The maximum atomic E-state index is 10.2. The molecule has 0 aliphatic heterocycles. The summed E-state index contributed by atoms with van der Waals surface area (Å²) in [5.41, 5.74) is 1.67. The van der Waals surface area contributed by atoms with Gasteiger partial charge in [0.05, 0.1) is 6.10 Å². The first kappa shape index (κ1) is 16.1. The Labute approximate surface area is 141 Å². The molecule has 3 rings (SSSR count). The molecule has 0 fully saturated rings. The van der Waals surface area contributed by atoms with Gasteiger partial charge in [0.2, 0.25) is 0 Å². The number of aryl methyl sites for hydroxylation is 1. The standard InChI is InChI=1S/C18H21N5O/c1-22(12-10-16(24)14-6-4-3-5-7-14)17-9-8-15(20-21-17)18-19-11-13-23(18)2/h3-9,11,13,16,24H,10,12H2,1-2H3/t16-/m1/s1. The molecule has 0 bridgehead atoms. The van der Waals surface area contributed by atoms with E-state index >= 15 is 0 Å². The van der Waals surface area contributed by atoms with Gasteiger partial charge in [-0.15, -0.1) is 10.2 Å². The van der Waals surface area contributed by atoms with Crippen LogP contribution in [-0.2, 0) is 7.05 Å². The van der Waals surface area contributed by atoms with E-state index in [0.717, 1.165) is 22.9 Å². The van der Waals surface area contributed by atoms with Crippen LogP contribution in [0.1, 0.15) is 18.1 Å². The number of benzene rings is 1. The van der Waals surface area contributed by atoms with E-state index in [1.165, 1.54) is 0 Å². The van der Waals surface area contributed by atoms with Gasteiger partial charge in [-0.25, -0.2) is 4.98 Å². The Hall–Kier alpha value is -2.73. The number of aromatic nitrogens is 4. The molecule has 1 N–H and O–H groups in total. The van der Waals surface area contributed by atoms with Crippen molar-refractivity contribution in [3.8, 4) is 11.5 Å². The normalized spacial score (nSPS) is 12.1. The first-order valence-corrected chi connectivity index (χ1v) is 7.90. The van der Waals surface area contributed by atoms with E-state index in [9.17, 15) is 5.11 Å². The van der Waals surface area contributed by atoms with Gasteiger partial charge < -0.3 is 14.6 Å². The quantitative estimate of drug-likeness (QED) is 0.755. The predicted octanol–water partition coefficient (Wildman–Crippen LogP) is 2.44. The zero-order chi connectivity index (χ0) is 16.9. The lowest BCUT2D eigenvalue weighted by Crippen LogP contribution is -2.22. The molecule has 3 aromatic rings. The van der Waals surface area contributed by atoms with E-state index in [2.05, 4.69) is 15.2 Å². The first-order chi connectivity index (χ1) is 11.6. The number of imidazole rings is 1. The van der Waals surface area contributed by atoms with Gasteiger partial charge in [-0.2, -0.15) is 0 Å². The molecule has 6 heteroatoms. The van der Waals surface area contributed by atoms with Crippen LogP contribution in [0.25, 0.3) is 11.5 Å². The van der Waals surface area contributed by atoms with Gasteiger partial charge >= 0.3 is 0 Å². The smallest absolute Gasteiger partial charge is 0.160 e. The fourth-order valence-electron chi connectivity index (χ4n) is 2.53. The van der Waals surface area contributed by atoms with Crippen LogP contribution in [0.3, 0.4) is 0 Å². The molecular weight excluding hydrogens is 302 g/mol. The van der Waals surface area contributed by atoms with Crippen molar-refractivity contribution in [3.05, 3.63) is 60.4 Å². The Kier molecular flexibility index (Phi) is 4.86. The number of aliphatic hydroxyl groups is 1. The molecule has 1 atom stereocenters. The van der Waals surface area contributed by atoms with Gasteiger partial charge in [-0.3, -0.25) is 0 Å². The van der Waals surface area contributed by atoms with Crippen LogP contribution in [0.5, 0.6) is 0 Å². The van der Waals surface area contributed by atoms with Crippen molar-refractivity contribution in [2.45, 2.75) is 12.5 Å². The van der Waals surface area contributed by atoms with Crippen molar-refractivity contribution in [2.75, 3.05) is 18.5 Å². The molecule has 6 nitrogen and oxygen atoms in total. The van der Waals surface area contributed by atoms with E-state index in [1.54, 1.807) is 6.20 Å². The van der Waals surface area contributed by atoms with Crippen LogP contribution in [0.15, 0.2) is 54.9 Å². The summed E-state index contributed by atoms with van der Waals surface area (Å²) in [7, 11) is 3.87. The van der Waals surface area contributed by atoms with Crippen molar-refractivity contribution < 1.29 is 5.11 Å². The number of anilines is 1. The summed E-state index contributed by atoms with van der Waals surface area (Å²) in [6, 6.07) is 13.5. The summed E-state index contributed by atoms with van der Waals surface area (Å²) < 4.78 is 1.91. The maximum Gasteiger partial charge on any atom is 0.160 e. The highest BCUT2D eigenvalue weighted by molar-refractivity contribution is 5.51. The second kappa shape index (κ2) is 7.23. The molecule has 0 aliphatic carbocycles. The van der Waals surface area contributed by atoms with E-state index in [4.69, 9.17) is 0 Å². The highest BCUT2D eigenvalue weighted by atomic mass is 16.3. The number of rotatable bonds is 6. The number of hydrogen-bond acceptors (Lipinski definition) is 5. The second-order valence-electron chi connectivity index (χ2n) is 5.78. The topological polar surface area (TPSA) is 67.1 Å². The number of aliphatic hydroxyl groups excluding tert-OH is 1. The van der Waals surface area contributed by atoms with E-state index in [0.29, 0.717) is 13.0 Å². The van der Waals surface area contributed by atoms with Crippen molar-refractivity contribution >= 4 is 5.82 Å². The Morgan fingerprint density at radius 1 is 1.12 bits per heavy atom. The molecule has 2 heterocycles. The van der Waals surface area contributed by atoms with Gasteiger partial charge in [0.15, 0.2) is 11.6 Å². The Morgan fingerprint density at radius 3 is 2.54 bits per heavy atom. The van der Waals surface area contributed by atoms with Crippen LogP contribution in [0, 0.1) is 0 Å². The minimum absolute atomic E-state index is 0.478. The highest BCUT2D eigenvalue weighted by Gasteiger charge is 2.11. The molecule has 2 aromatic heterocycles. The van der Waals surface area contributed by atoms with Gasteiger partial charge in [0, 0.05) is 33.0 Å². The molecule has 0 amide bonds. The monoisotopic (exact) mass is 323 g/mol. The fourth-order valence-corrected chi connectivity index (χ4v) is 2.53. The number of nitrogens with zero attached hydrogens (tertiary/aromatic N) is 5. The second-order valence-corrected chi connectivity index (χ2v) is 5.78. The third kappa shape index (κ3) is 3.60. The molecule has 0 saturated carbocycles. The molecule has 24 heavy (non-hydrogen) atoms. The van der Waals surface area contributed by atoms with Crippen LogP contribution >= 0.6 is 0 Å². The zero-order valence-electron chi connectivity index (χ0n) is 13.9. The van der Waals surface area contributed by atoms with Gasteiger partial charge in [-0.05, 0) is 24.1 Å². The average molecular weight is 323 g/mol. The van der Waals surface area contributed by atoms with Crippen LogP contribution in [0.2, 0.25) is 0 Å². The minimum Gasteiger partial charge on any atom is -0.388 e. The third-order valence-electron chi connectivity index (χ3n) is 4.01. The summed E-state index contributed by atoms with van der Waals surface area (Å²) in [5, 5.41) is 18.8. The van der Waals surface area contributed by atoms with Crippen molar-refractivity contribution in [1.29, 1.82) is 0 Å². The Balaban J connectivity index is 1.61. The van der Waals surface area contributed by atoms with E-state index < -0.39 is 6.10 Å². The Morgan fingerprint density at radius 2 is 1.92 bits per heavy atom. The minimum atomic E-state index is -0.478. The molecule has 124 valence electrons. The van der Waals surface area contributed by atoms with E-state index in [1.807, 2.05) is 72.2 Å². The largest absolute Gasteiger partial charge is 0.388 e. The van der Waals surface area contributed by atoms with Crippen LogP contribution in [0.4, 0.5) is 5.82 Å². The lowest BCUT2D eigenvalue weighted by atomic mass is 10.1. The zero-order valence-corrected chi connectivity index (χ0v) is 13.9. The van der Waals surface area contributed by atoms with Gasteiger partial charge in [-0.1, -0.05) is 30.3 Å². The first-order valence-electron chi connectivity index (χ1n) is 7.90. The SMILES string of the molecule is CN(CC[C@@H](O)c1ccccc1)c1ccc(-c2nccn2C)nn1. The van der Waals surface area contributed by atoms with Gasteiger partial charge in [0.1, 0.15) is 5.69 Å². The Bertz CT molecular complexity index is 770. The summed E-state index contributed by atoms with van der Waals surface area (Å²) in [4.78, 5) is 6.25. The third-order valence-corrected chi connectivity index (χ3v) is 4.01. The molecule has 0 saturated heterocycles. The lowest BCUT2D eigenvalue weighted by Gasteiger charge is -2.20. The van der Waals surface area contributed by atoms with Crippen molar-refractivity contribution in [3.63, 3.8) is 0 Å². The summed E-state index contributed by atoms with van der Waals surface area (Å²) in [5.74, 6) is 1.56. The van der Waals surface area contributed by atoms with Gasteiger partial charge in [0.25, 0.3) is 0 Å². The average Bonchev–Trinajstić information content (AvgIpc) is 3.06. The summed E-state index contributed by atoms with van der Waals surface area (Å²) in [6.45, 7) is 0.687. The maximum absolute atomic E-state index is 10.2. The van der Waals surface area contributed by atoms with Crippen molar-refractivity contribution in [2.24, 2.45) is 7.05 Å². The summed E-state index contributed by atoms with van der Waals surface area (Å²) in [6.07, 6.45) is 3.77. The molecule has 0 radical (unpaired) electrons. The fraction of sp³-hybridized carbons (Fsp3) is 0.278. The van der Waals surface area contributed by atoms with Crippen molar-refractivity contribution in [1.82, 2.24) is 19.7 Å². The van der Waals surface area contributed by atoms with Crippen LogP contribution < -0.4 is 4.90 Å². The molecule has 0 spiro atoms. The summed E-state index contributed by atoms with van der Waals surface area (Å²) >= 11 is 0. The highest BCUT2D eigenvalue weighted by Crippen LogP contribution is 2.19. The molecule has 0 aliphatic rings. The predicted molar refractivity (Wildman–Crippen MR) is 93.5 cm³/mol. The molecule has 0 unspecified atom stereocenters. The van der Waals surface area contributed by atoms with Crippen LogP contribution in [-0.4, -0.2) is 38.4 Å². The van der Waals surface area contributed by atoms with E-state index in [-0.39, 0.29) is 0 Å². The molecular formula is C18H21N5O. The lowest BCUT2D eigenvalue weighted by molar-refractivity contribution is 0.169.